The molecular formula is C34H48N6O11S. The van der Waals surface area contributed by atoms with E-state index in [4.69, 9.17) is 19.9 Å². The number of nitrogens with one attached hydrogen (secondary N) is 3. The lowest BCUT2D eigenvalue weighted by molar-refractivity contribution is -0.141. The van der Waals surface area contributed by atoms with E-state index in [-0.39, 0.29) is 31.6 Å². The van der Waals surface area contributed by atoms with Crippen LogP contribution in [0.25, 0.3) is 0 Å². The van der Waals surface area contributed by atoms with Gasteiger partial charge in [0.1, 0.15) is 40.0 Å². The molecule has 1 aromatic rings. The highest BCUT2D eigenvalue weighted by Gasteiger charge is 2.62. The van der Waals surface area contributed by atoms with Gasteiger partial charge in [0, 0.05) is 26.4 Å². The van der Waals surface area contributed by atoms with Crippen LogP contribution in [0, 0.1) is 5.92 Å². The summed E-state index contributed by atoms with van der Waals surface area (Å²) < 4.78 is 45.3. The van der Waals surface area contributed by atoms with E-state index < -0.39 is 92.6 Å². The molecule has 5 N–H and O–H groups in total. The van der Waals surface area contributed by atoms with Gasteiger partial charge < -0.3 is 40.4 Å². The lowest BCUT2D eigenvalue weighted by atomic mass is 10.0. The standard InChI is InChI=1S/C34H48N6O11S/c1-33(2,3)51-31(45)36-23-14-10-8-6-7-9-13-21-18-34(21,30(44)38-52(47,48)26-16-12-11-15-25(26)49-20-27(35)41)37-28(42)24-17-22(19-40(24)29(23)43)50-32(46)39(4)5/h9,11-13,15-16,21-24H,6-8,10,14,17-20H2,1-5H3,(H2,35,41)(H,36,45)(H,37,42)(H,38,44)/b13-9-/t21-,22-,23+,24+,34-/m1/s1. The number of para-hydroxylation sites is 1. The number of benzene rings is 1. The highest BCUT2D eigenvalue weighted by molar-refractivity contribution is 7.90. The maximum absolute atomic E-state index is 14.2. The molecule has 5 atom stereocenters. The Balaban J connectivity index is 1.65. The fourth-order valence-corrected chi connectivity index (χ4v) is 7.26. The molecule has 4 rings (SSSR count). The number of nitrogens with two attached hydrogens (primary N) is 1. The van der Waals surface area contributed by atoms with Crippen molar-refractivity contribution in [3.8, 4) is 5.75 Å². The number of alkyl carbamates (subject to hydrolysis) is 1. The van der Waals surface area contributed by atoms with E-state index in [1.165, 1.54) is 48.2 Å². The largest absolute Gasteiger partial charge is 0.482 e. The van der Waals surface area contributed by atoms with Crippen LogP contribution in [0.3, 0.4) is 0 Å². The zero-order valence-corrected chi connectivity index (χ0v) is 30.8. The summed E-state index contributed by atoms with van der Waals surface area (Å²) >= 11 is 0. The van der Waals surface area contributed by atoms with Gasteiger partial charge in [-0.3, -0.25) is 19.2 Å². The first-order chi connectivity index (χ1) is 24.3. The molecule has 1 saturated heterocycles. The van der Waals surface area contributed by atoms with Gasteiger partial charge in [-0.1, -0.05) is 37.1 Å². The number of carbonyl (C=O) groups is 6. The normalized spacial score (nSPS) is 25.8. The topological polar surface area (TPSA) is 233 Å². The molecule has 52 heavy (non-hydrogen) atoms. The number of allylic oxidation sites excluding steroid dienone is 1. The number of sulfonamides is 1. The Labute approximate surface area is 303 Å². The number of fused-ring (bicyclic) bond motifs is 2. The van der Waals surface area contributed by atoms with Crippen LogP contribution in [0.2, 0.25) is 0 Å². The molecular weight excluding hydrogens is 700 g/mol. The summed E-state index contributed by atoms with van der Waals surface area (Å²) in [5.41, 5.74) is 2.59. The van der Waals surface area contributed by atoms with Gasteiger partial charge in [-0.25, -0.2) is 22.7 Å². The van der Waals surface area contributed by atoms with Gasteiger partial charge >= 0.3 is 12.2 Å². The molecule has 0 aromatic heterocycles. The van der Waals surface area contributed by atoms with Gasteiger partial charge in [-0.2, -0.15) is 0 Å². The van der Waals surface area contributed by atoms with Crippen LogP contribution in [-0.2, 0) is 38.7 Å². The van der Waals surface area contributed by atoms with Crippen molar-refractivity contribution in [3.63, 3.8) is 0 Å². The third-order valence-electron chi connectivity index (χ3n) is 8.70. The Morgan fingerprint density at radius 3 is 2.48 bits per heavy atom. The Bertz CT molecular complexity index is 1690. The van der Waals surface area contributed by atoms with E-state index in [9.17, 15) is 37.2 Å². The minimum Gasteiger partial charge on any atom is -0.482 e. The average Bonchev–Trinajstić information content (AvgIpc) is 3.58. The molecule has 18 heteroatoms. The predicted molar refractivity (Wildman–Crippen MR) is 185 cm³/mol. The molecule has 2 aliphatic heterocycles. The van der Waals surface area contributed by atoms with Crippen molar-refractivity contribution in [2.24, 2.45) is 11.7 Å². The summed E-state index contributed by atoms with van der Waals surface area (Å²) in [6.45, 7) is 4.26. The van der Waals surface area contributed by atoms with Crippen molar-refractivity contribution >= 4 is 45.8 Å². The van der Waals surface area contributed by atoms with E-state index in [0.29, 0.717) is 25.7 Å². The minimum atomic E-state index is -4.60. The fourth-order valence-electron chi connectivity index (χ4n) is 6.07. The van der Waals surface area contributed by atoms with Gasteiger partial charge in [0.05, 0.1) is 6.54 Å². The van der Waals surface area contributed by atoms with Crippen molar-refractivity contribution in [1.29, 1.82) is 0 Å². The first kappa shape index (κ1) is 39.9. The van der Waals surface area contributed by atoms with Crippen LogP contribution >= 0.6 is 0 Å². The fraction of sp³-hybridized carbons (Fsp3) is 0.588. The third-order valence-corrected chi connectivity index (χ3v) is 10.1. The van der Waals surface area contributed by atoms with E-state index >= 15 is 0 Å². The molecule has 0 bridgehead atoms. The van der Waals surface area contributed by atoms with Crippen molar-refractivity contribution in [2.45, 2.75) is 99.9 Å². The first-order valence-corrected chi connectivity index (χ1v) is 18.6. The van der Waals surface area contributed by atoms with Crippen molar-refractivity contribution < 1.29 is 51.4 Å². The second-order valence-electron chi connectivity index (χ2n) is 14.3. The van der Waals surface area contributed by atoms with Crippen LogP contribution in [-0.4, -0.2) is 111 Å². The van der Waals surface area contributed by atoms with E-state index in [1.54, 1.807) is 26.8 Å². The SMILES string of the molecule is CN(C)C(=O)O[C@@H]1C[C@H]2C(=O)N[C@]3(C(=O)NS(=O)(=O)c4ccccc4OCC(N)=O)C[C@H]3/C=C\CCCCC[C@H](NC(=O)OC(C)(C)C)C(=O)N2C1. The molecule has 286 valence electrons. The summed E-state index contributed by atoms with van der Waals surface area (Å²) in [6, 6.07) is 3.02. The molecule has 0 unspecified atom stereocenters. The predicted octanol–water partition coefficient (Wildman–Crippen LogP) is 1.31. The van der Waals surface area contributed by atoms with Gasteiger partial charge in [0.25, 0.3) is 21.8 Å². The summed E-state index contributed by atoms with van der Waals surface area (Å²) in [5.74, 6) is -4.07. The van der Waals surface area contributed by atoms with Gasteiger partial charge in [0.2, 0.25) is 11.8 Å². The zero-order valence-electron chi connectivity index (χ0n) is 30.0. The van der Waals surface area contributed by atoms with Crippen LogP contribution in [0.5, 0.6) is 5.75 Å². The maximum atomic E-state index is 14.2. The number of amides is 6. The number of ether oxygens (including phenoxy) is 3. The van der Waals surface area contributed by atoms with Crippen molar-refractivity contribution in [1.82, 2.24) is 25.2 Å². The Morgan fingerprint density at radius 2 is 1.81 bits per heavy atom. The second-order valence-corrected chi connectivity index (χ2v) is 16.0. The average molecular weight is 749 g/mol. The Kier molecular flexibility index (Phi) is 12.4. The Hall–Kier alpha value is -4.87. The highest BCUT2D eigenvalue weighted by atomic mass is 32.2. The Morgan fingerprint density at radius 1 is 1.10 bits per heavy atom. The van der Waals surface area contributed by atoms with Gasteiger partial charge in [-0.15, -0.1) is 0 Å². The lowest BCUT2D eigenvalue weighted by Crippen LogP contribution is -2.58. The molecule has 2 heterocycles. The van der Waals surface area contributed by atoms with Gasteiger partial charge in [-0.05, 0) is 58.6 Å². The quantitative estimate of drug-likeness (QED) is 0.277. The van der Waals surface area contributed by atoms with E-state index in [0.717, 1.165) is 0 Å². The zero-order chi connectivity index (χ0) is 38.4. The first-order valence-electron chi connectivity index (χ1n) is 17.1. The number of nitrogens with zero attached hydrogens (tertiary/aromatic N) is 2. The summed E-state index contributed by atoms with van der Waals surface area (Å²) in [7, 11) is -1.64. The smallest absolute Gasteiger partial charge is 0.409 e. The number of carbonyl (C=O) groups excluding carboxylic acids is 6. The van der Waals surface area contributed by atoms with Crippen LogP contribution < -0.4 is 25.8 Å². The van der Waals surface area contributed by atoms with Crippen LogP contribution in [0.4, 0.5) is 9.59 Å². The van der Waals surface area contributed by atoms with Crippen molar-refractivity contribution in [2.75, 3.05) is 27.2 Å². The lowest BCUT2D eigenvalue weighted by Gasteiger charge is -2.30. The number of hydrogen-bond acceptors (Lipinski definition) is 11. The number of hydrogen-bond donors (Lipinski definition) is 4. The molecule has 3 aliphatic rings. The molecule has 1 saturated carbocycles. The summed E-state index contributed by atoms with van der Waals surface area (Å²) in [5, 5.41) is 5.37. The molecule has 2 fully saturated rings. The van der Waals surface area contributed by atoms with Crippen LogP contribution in [0.1, 0.15) is 65.7 Å². The van der Waals surface area contributed by atoms with Crippen LogP contribution in [0.15, 0.2) is 41.3 Å². The molecule has 17 nitrogen and oxygen atoms in total. The maximum Gasteiger partial charge on any atom is 0.409 e. The second kappa shape index (κ2) is 16.2. The molecule has 0 radical (unpaired) electrons. The minimum absolute atomic E-state index is 0.0545. The molecule has 1 aromatic carbocycles. The van der Waals surface area contributed by atoms with Crippen molar-refractivity contribution in [3.05, 3.63) is 36.4 Å². The van der Waals surface area contributed by atoms with E-state index in [2.05, 4.69) is 15.4 Å². The molecule has 6 amide bonds. The highest BCUT2D eigenvalue weighted by Crippen LogP contribution is 2.46. The summed E-state index contributed by atoms with van der Waals surface area (Å²) in [6.07, 6.45) is 3.93. The third kappa shape index (κ3) is 10.1. The van der Waals surface area contributed by atoms with Gasteiger partial charge in [0.15, 0.2) is 6.61 Å². The molecule has 0 spiro atoms. The number of rotatable bonds is 8. The number of primary amides is 1. The monoisotopic (exact) mass is 748 g/mol. The van der Waals surface area contributed by atoms with E-state index in [1.807, 2.05) is 6.08 Å². The summed E-state index contributed by atoms with van der Waals surface area (Å²) in [4.78, 5) is 80.8. The molecule has 1 aliphatic carbocycles.